The first-order valence-corrected chi connectivity index (χ1v) is 13.8. The number of imidazole rings is 1. The van der Waals surface area contributed by atoms with Crippen molar-refractivity contribution in [2.75, 3.05) is 44.7 Å². The zero-order chi connectivity index (χ0) is 31.4. The molecule has 0 spiro atoms. The third-order valence-corrected chi connectivity index (χ3v) is 6.78. The Morgan fingerprint density at radius 3 is 2.26 bits per heavy atom. The van der Waals surface area contributed by atoms with Crippen molar-refractivity contribution in [1.29, 1.82) is 0 Å². The van der Waals surface area contributed by atoms with Crippen molar-refractivity contribution in [3.05, 3.63) is 60.3 Å². The second kappa shape index (κ2) is 15.8. The lowest BCUT2D eigenvalue weighted by Crippen LogP contribution is -2.45. The highest BCUT2D eigenvalue weighted by Gasteiger charge is 2.40. The number of hydrogen-bond acceptors (Lipinski definition) is 11. The van der Waals surface area contributed by atoms with Gasteiger partial charge >= 0.3 is 17.9 Å². The summed E-state index contributed by atoms with van der Waals surface area (Å²) in [6.45, 7) is 9.46. The summed E-state index contributed by atoms with van der Waals surface area (Å²) in [5.41, 5.74) is -1.69. The predicted octanol–water partition coefficient (Wildman–Crippen LogP) is 1.17. The van der Waals surface area contributed by atoms with Gasteiger partial charge in [0.2, 0.25) is 5.95 Å². The van der Waals surface area contributed by atoms with E-state index in [4.69, 9.17) is 29.8 Å². The summed E-state index contributed by atoms with van der Waals surface area (Å²) in [5.74, 6) is -2.24. The zero-order valence-corrected chi connectivity index (χ0v) is 24.4. The number of carboxylic acid groups (broad SMARTS) is 3. The summed E-state index contributed by atoms with van der Waals surface area (Å²) in [6, 6.07) is 6.11. The largest absolute Gasteiger partial charge is 0.481 e. The molecule has 3 aromatic rings. The first-order chi connectivity index (χ1) is 20.4. The fourth-order valence-corrected chi connectivity index (χ4v) is 4.47. The van der Waals surface area contributed by atoms with E-state index in [1.807, 2.05) is 44.0 Å². The van der Waals surface area contributed by atoms with E-state index in [9.17, 15) is 14.4 Å². The molecule has 234 valence electrons. The molecule has 0 unspecified atom stereocenters. The monoisotopic (exact) mass is 601 g/mol. The molecule has 1 aliphatic heterocycles. The number of furan rings is 1. The SMILES string of the molecule is Cc1ccc(CN(CCCn2ccnc2)Cc2ccnc(N3CCN(C)CC3)n2)o1.O=C(O)CC(O)(CC(=O)O)C(=O)O. The highest BCUT2D eigenvalue weighted by Crippen LogP contribution is 2.17. The van der Waals surface area contributed by atoms with Gasteiger partial charge in [0, 0.05) is 64.4 Å². The van der Waals surface area contributed by atoms with E-state index in [2.05, 4.69) is 42.3 Å². The van der Waals surface area contributed by atoms with Crippen molar-refractivity contribution in [1.82, 2.24) is 29.3 Å². The summed E-state index contributed by atoms with van der Waals surface area (Å²) in [7, 11) is 2.16. The second-order valence-electron chi connectivity index (χ2n) is 10.5. The van der Waals surface area contributed by atoms with E-state index in [1.54, 1.807) is 0 Å². The molecule has 4 rings (SSSR count). The lowest BCUT2D eigenvalue weighted by molar-refractivity contribution is -0.170. The fraction of sp³-hybridized carbons (Fsp3) is 0.500. The molecule has 15 nitrogen and oxygen atoms in total. The number of nitrogens with zero attached hydrogens (tertiary/aromatic N) is 7. The number of anilines is 1. The topological polar surface area (TPSA) is 199 Å². The fourth-order valence-electron chi connectivity index (χ4n) is 4.47. The molecule has 0 aliphatic carbocycles. The number of aliphatic hydroxyl groups is 1. The quantitative estimate of drug-likeness (QED) is 0.205. The molecule has 0 amide bonds. The molecule has 0 bridgehead atoms. The van der Waals surface area contributed by atoms with Crippen molar-refractivity contribution in [2.45, 2.75) is 51.4 Å². The van der Waals surface area contributed by atoms with E-state index < -0.39 is 36.4 Å². The van der Waals surface area contributed by atoms with E-state index in [0.717, 1.165) is 81.9 Å². The molecule has 0 radical (unpaired) electrons. The standard InChI is InChI=1S/C22H31N7O.C6H8O7/c1-19-4-5-21(30-19)17-28(10-3-9-27-11-8-23-18-27)16-20-6-7-24-22(25-20)29-14-12-26(2)13-15-29;7-3(8)1-6(13,5(11)12)2-4(9)10/h4-8,11,18H,3,9-10,12-17H2,1-2H3;13H,1-2H2,(H,7,8)(H,9,10)(H,11,12). The minimum absolute atomic E-state index is 0.769. The van der Waals surface area contributed by atoms with Crippen LogP contribution in [0.25, 0.3) is 0 Å². The summed E-state index contributed by atoms with van der Waals surface area (Å²) in [6.07, 6.45) is 6.33. The molecule has 0 saturated carbocycles. The van der Waals surface area contributed by atoms with Crippen LogP contribution in [-0.4, -0.2) is 113 Å². The first kappa shape index (κ1) is 33.2. The molecule has 0 aromatic carbocycles. The maximum absolute atomic E-state index is 10.3. The zero-order valence-electron chi connectivity index (χ0n) is 24.4. The Hall–Kier alpha value is -4.34. The van der Waals surface area contributed by atoms with Gasteiger partial charge in [-0.2, -0.15) is 0 Å². The molecule has 0 atom stereocenters. The molecule has 1 fully saturated rings. The minimum atomic E-state index is -2.74. The van der Waals surface area contributed by atoms with Gasteiger partial charge in [0.25, 0.3) is 0 Å². The van der Waals surface area contributed by atoms with Crippen LogP contribution in [0.1, 0.15) is 36.5 Å². The third kappa shape index (κ3) is 11.1. The van der Waals surface area contributed by atoms with Crippen molar-refractivity contribution in [2.24, 2.45) is 0 Å². The predicted molar refractivity (Wildman–Crippen MR) is 153 cm³/mol. The van der Waals surface area contributed by atoms with Gasteiger partial charge in [0.05, 0.1) is 31.4 Å². The molecule has 4 heterocycles. The van der Waals surface area contributed by atoms with Gasteiger partial charge in [-0.25, -0.2) is 19.7 Å². The Kier molecular flexibility index (Phi) is 12.2. The lowest BCUT2D eigenvalue weighted by atomic mass is 9.96. The number of piperazine rings is 1. The number of aryl methyl sites for hydroxylation is 2. The van der Waals surface area contributed by atoms with Gasteiger partial charge in [-0.1, -0.05) is 0 Å². The average molecular weight is 602 g/mol. The van der Waals surface area contributed by atoms with Crippen molar-refractivity contribution in [3.63, 3.8) is 0 Å². The molecule has 1 aliphatic rings. The molecule has 15 heteroatoms. The van der Waals surface area contributed by atoms with E-state index >= 15 is 0 Å². The number of likely N-dealkylation sites (N-methyl/N-ethyl adjacent to an activating group) is 1. The molecule has 43 heavy (non-hydrogen) atoms. The smallest absolute Gasteiger partial charge is 0.336 e. The number of carbonyl (C=O) groups is 3. The van der Waals surface area contributed by atoms with Crippen LogP contribution in [0.3, 0.4) is 0 Å². The number of rotatable bonds is 14. The first-order valence-electron chi connectivity index (χ1n) is 13.8. The molecule has 1 saturated heterocycles. The summed E-state index contributed by atoms with van der Waals surface area (Å²) >= 11 is 0. The summed E-state index contributed by atoms with van der Waals surface area (Å²) in [5, 5.41) is 33.8. The number of hydrogen-bond donors (Lipinski definition) is 4. The van der Waals surface area contributed by atoms with Gasteiger partial charge in [-0.05, 0) is 38.6 Å². The van der Waals surface area contributed by atoms with Crippen molar-refractivity contribution >= 4 is 23.9 Å². The van der Waals surface area contributed by atoms with Crippen LogP contribution in [0.2, 0.25) is 0 Å². The minimum Gasteiger partial charge on any atom is -0.481 e. The number of aliphatic carboxylic acids is 3. The van der Waals surface area contributed by atoms with Crippen molar-refractivity contribution in [3.8, 4) is 0 Å². The number of aromatic nitrogens is 4. The summed E-state index contributed by atoms with van der Waals surface area (Å²) in [4.78, 5) is 51.0. The maximum atomic E-state index is 10.3. The molecule has 3 aromatic heterocycles. The lowest BCUT2D eigenvalue weighted by Gasteiger charge is -2.32. The second-order valence-corrected chi connectivity index (χ2v) is 10.5. The van der Waals surface area contributed by atoms with Crippen LogP contribution in [0.15, 0.2) is 47.5 Å². The Balaban J connectivity index is 0.000000331. The maximum Gasteiger partial charge on any atom is 0.336 e. The van der Waals surface area contributed by atoms with E-state index in [0.29, 0.717) is 0 Å². The van der Waals surface area contributed by atoms with Crippen LogP contribution in [0, 0.1) is 6.92 Å². The van der Waals surface area contributed by atoms with Crippen LogP contribution >= 0.6 is 0 Å². The van der Waals surface area contributed by atoms with Gasteiger partial charge in [-0.15, -0.1) is 0 Å². The summed E-state index contributed by atoms with van der Waals surface area (Å²) < 4.78 is 7.95. The Bertz CT molecular complexity index is 1310. The van der Waals surface area contributed by atoms with E-state index in [-0.39, 0.29) is 0 Å². The van der Waals surface area contributed by atoms with E-state index in [1.165, 1.54) is 0 Å². The van der Waals surface area contributed by atoms with Gasteiger partial charge < -0.3 is 39.2 Å². The van der Waals surface area contributed by atoms with Crippen LogP contribution in [0.5, 0.6) is 0 Å². The third-order valence-electron chi connectivity index (χ3n) is 6.78. The van der Waals surface area contributed by atoms with Crippen LogP contribution in [-0.2, 0) is 34.0 Å². The van der Waals surface area contributed by atoms with Crippen molar-refractivity contribution < 1.29 is 39.2 Å². The van der Waals surface area contributed by atoms with Crippen LogP contribution < -0.4 is 4.90 Å². The molecular formula is C28H39N7O8. The number of carboxylic acids is 3. The highest BCUT2D eigenvalue weighted by atomic mass is 16.4. The highest BCUT2D eigenvalue weighted by molar-refractivity contribution is 5.88. The normalized spacial score (nSPS) is 13.9. The Morgan fingerprint density at radius 2 is 1.70 bits per heavy atom. The molecular weight excluding hydrogens is 562 g/mol. The Morgan fingerprint density at radius 1 is 1.00 bits per heavy atom. The van der Waals surface area contributed by atoms with Gasteiger partial charge in [-0.3, -0.25) is 14.5 Å². The van der Waals surface area contributed by atoms with Gasteiger partial charge in [0.1, 0.15) is 11.5 Å². The van der Waals surface area contributed by atoms with Crippen LogP contribution in [0.4, 0.5) is 5.95 Å². The molecule has 4 N–H and O–H groups in total. The average Bonchev–Trinajstić information content (AvgIpc) is 3.60. The Labute approximate surface area is 249 Å². The van der Waals surface area contributed by atoms with Gasteiger partial charge in [0.15, 0.2) is 5.60 Å².